The van der Waals surface area contributed by atoms with Crippen molar-refractivity contribution < 1.29 is 23.8 Å². The SMILES string of the molecule is N[C@@H](c1ccc(O)c(C(=O)O)c1)C(F)F. The Kier molecular flexibility index (Phi) is 3.21. The van der Waals surface area contributed by atoms with Crippen molar-refractivity contribution in [2.24, 2.45) is 5.73 Å². The van der Waals surface area contributed by atoms with E-state index in [-0.39, 0.29) is 5.56 Å². The Morgan fingerprint density at radius 3 is 2.47 bits per heavy atom. The van der Waals surface area contributed by atoms with Crippen LogP contribution in [0, 0.1) is 0 Å². The molecule has 0 aliphatic rings. The number of hydrogen-bond donors (Lipinski definition) is 3. The third-order valence-electron chi connectivity index (χ3n) is 1.91. The predicted octanol–water partition coefficient (Wildman–Crippen LogP) is 1.36. The smallest absolute Gasteiger partial charge is 0.339 e. The molecule has 1 rings (SSSR count). The molecule has 6 heteroatoms. The molecule has 82 valence electrons. The lowest BCUT2D eigenvalue weighted by Gasteiger charge is -2.11. The van der Waals surface area contributed by atoms with Crippen LogP contribution in [0.2, 0.25) is 0 Å². The number of aromatic hydroxyl groups is 1. The first-order chi connectivity index (χ1) is 6.93. The average Bonchev–Trinajstić information content (AvgIpc) is 2.16. The quantitative estimate of drug-likeness (QED) is 0.713. The highest BCUT2D eigenvalue weighted by Crippen LogP contribution is 2.24. The van der Waals surface area contributed by atoms with E-state index in [1.807, 2.05) is 0 Å². The van der Waals surface area contributed by atoms with Gasteiger partial charge < -0.3 is 15.9 Å². The number of phenols is 1. The maximum absolute atomic E-state index is 12.2. The van der Waals surface area contributed by atoms with E-state index in [2.05, 4.69) is 0 Å². The summed E-state index contributed by atoms with van der Waals surface area (Å²) < 4.78 is 24.4. The Bertz CT molecular complexity index is 382. The van der Waals surface area contributed by atoms with E-state index < -0.39 is 29.7 Å². The Morgan fingerprint density at radius 1 is 1.40 bits per heavy atom. The Labute approximate surface area is 83.9 Å². The molecule has 15 heavy (non-hydrogen) atoms. The summed E-state index contributed by atoms with van der Waals surface area (Å²) in [6.45, 7) is 0. The summed E-state index contributed by atoms with van der Waals surface area (Å²) in [7, 11) is 0. The summed E-state index contributed by atoms with van der Waals surface area (Å²) in [6.07, 6.45) is -2.78. The van der Waals surface area contributed by atoms with Crippen LogP contribution in [0.5, 0.6) is 5.75 Å². The molecule has 0 saturated carbocycles. The second-order valence-corrected chi connectivity index (χ2v) is 2.94. The summed E-state index contributed by atoms with van der Waals surface area (Å²) in [5.41, 5.74) is 4.66. The standard InChI is InChI=1S/C9H9F2NO3/c10-8(11)7(12)4-1-2-6(13)5(3-4)9(14)15/h1-3,7-8,13H,12H2,(H,14,15)/t7-/m0/s1. The van der Waals surface area contributed by atoms with Crippen molar-refractivity contribution >= 4 is 5.97 Å². The number of carboxylic acid groups (broad SMARTS) is 1. The molecule has 0 amide bonds. The van der Waals surface area contributed by atoms with Crippen molar-refractivity contribution in [3.8, 4) is 5.75 Å². The summed E-state index contributed by atoms with van der Waals surface area (Å²) in [5, 5.41) is 17.7. The van der Waals surface area contributed by atoms with Gasteiger partial charge in [-0.05, 0) is 17.7 Å². The molecule has 0 saturated heterocycles. The molecule has 0 heterocycles. The second-order valence-electron chi connectivity index (χ2n) is 2.94. The van der Waals surface area contributed by atoms with Gasteiger partial charge in [0, 0.05) is 0 Å². The van der Waals surface area contributed by atoms with Crippen molar-refractivity contribution in [3.05, 3.63) is 29.3 Å². The number of benzene rings is 1. The lowest BCUT2D eigenvalue weighted by molar-refractivity contribution is 0.0692. The van der Waals surface area contributed by atoms with E-state index in [9.17, 15) is 13.6 Å². The van der Waals surface area contributed by atoms with Crippen LogP contribution in [0.3, 0.4) is 0 Å². The summed E-state index contributed by atoms with van der Waals surface area (Å²) in [4.78, 5) is 10.6. The van der Waals surface area contributed by atoms with Gasteiger partial charge in [-0.1, -0.05) is 6.07 Å². The molecular weight excluding hydrogens is 208 g/mol. The number of alkyl halides is 2. The normalized spacial score (nSPS) is 12.8. The second kappa shape index (κ2) is 4.22. The first-order valence-electron chi connectivity index (χ1n) is 4.03. The van der Waals surface area contributed by atoms with Gasteiger partial charge in [0.2, 0.25) is 0 Å². The van der Waals surface area contributed by atoms with Gasteiger partial charge in [0.25, 0.3) is 6.43 Å². The van der Waals surface area contributed by atoms with Crippen molar-refractivity contribution in [1.82, 2.24) is 0 Å². The van der Waals surface area contributed by atoms with Gasteiger partial charge in [-0.2, -0.15) is 0 Å². The Balaban J connectivity index is 3.13. The number of hydrogen-bond acceptors (Lipinski definition) is 3. The maximum Gasteiger partial charge on any atom is 0.339 e. The minimum absolute atomic E-state index is 0.0276. The molecule has 0 aromatic heterocycles. The van der Waals surface area contributed by atoms with E-state index in [1.54, 1.807) is 0 Å². The number of rotatable bonds is 3. The number of halogens is 2. The molecule has 1 aromatic carbocycles. The molecule has 4 N–H and O–H groups in total. The van der Waals surface area contributed by atoms with E-state index in [0.29, 0.717) is 0 Å². The van der Waals surface area contributed by atoms with Gasteiger partial charge in [-0.15, -0.1) is 0 Å². The number of nitrogens with two attached hydrogens (primary N) is 1. The zero-order valence-corrected chi connectivity index (χ0v) is 7.52. The van der Waals surface area contributed by atoms with Crippen molar-refractivity contribution in [2.45, 2.75) is 12.5 Å². The average molecular weight is 217 g/mol. The van der Waals surface area contributed by atoms with Gasteiger partial charge in [-0.25, -0.2) is 13.6 Å². The zero-order chi connectivity index (χ0) is 11.6. The molecule has 0 radical (unpaired) electrons. The summed E-state index contributed by atoms with van der Waals surface area (Å²) >= 11 is 0. The van der Waals surface area contributed by atoms with E-state index >= 15 is 0 Å². The molecule has 1 aromatic rings. The highest BCUT2D eigenvalue weighted by atomic mass is 19.3. The number of carboxylic acids is 1. The third kappa shape index (κ3) is 2.41. The summed E-state index contributed by atoms with van der Waals surface area (Å²) in [6, 6.07) is 1.58. The minimum atomic E-state index is -2.78. The van der Waals surface area contributed by atoms with Crippen LogP contribution >= 0.6 is 0 Å². The molecule has 0 fully saturated rings. The van der Waals surface area contributed by atoms with Gasteiger partial charge in [0.05, 0.1) is 6.04 Å². The Hall–Kier alpha value is -1.69. The molecule has 1 atom stereocenters. The van der Waals surface area contributed by atoms with E-state index in [4.69, 9.17) is 15.9 Å². The highest BCUT2D eigenvalue weighted by molar-refractivity contribution is 5.90. The topological polar surface area (TPSA) is 83.5 Å². The predicted molar refractivity (Wildman–Crippen MR) is 48.0 cm³/mol. The molecule has 0 aliphatic heterocycles. The third-order valence-corrected chi connectivity index (χ3v) is 1.91. The minimum Gasteiger partial charge on any atom is -0.507 e. The van der Waals surface area contributed by atoms with Crippen LogP contribution in [-0.2, 0) is 0 Å². The fourth-order valence-corrected chi connectivity index (χ4v) is 1.08. The first-order valence-corrected chi connectivity index (χ1v) is 4.03. The molecule has 0 unspecified atom stereocenters. The van der Waals surface area contributed by atoms with Gasteiger partial charge >= 0.3 is 5.97 Å². The zero-order valence-electron chi connectivity index (χ0n) is 7.52. The van der Waals surface area contributed by atoms with Crippen LogP contribution in [-0.4, -0.2) is 22.6 Å². The van der Waals surface area contributed by atoms with Crippen LogP contribution < -0.4 is 5.73 Å². The molecule has 0 aliphatic carbocycles. The van der Waals surface area contributed by atoms with Gasteiger partial charge in [-0.3, -0.25) is 0 Å². The van der Waals surface area contributed by atoms with Crippen molar-refractivity contribution in [1.29, 1.82) is 0 Å². The van der Waals surface area contributed by atoms with Gasteiger partial charge in [0.1, 0.15) is 11.3 Å². The summed E-state index contributed by atoms with van der Waals surface area (Å²) in [5.74, 6) is -1.87. The van der Waals surface area contributed by atoms with Crippen LogP contribution in [0.25, 0.3) is 0 Å². The van der Waals surface area contributed by atoms with E-state index in [1.165, 1.54) is 6.07 Å². The number of carbonyl (C=O) groups is 1. The largest absolute Gasteiger partial charge is 0.507 e. The fraction of sp³-hybridized carbons (Fsp3) is 0.222. The number of aromatic carboxylic acids is 1. The lowest BCUT2D eigenvalue weighted by atomic mass is 10.0. The van der Waals surface area contributed by atoms with Crippen LogP contribution in [0.4, 0.5) is 8.78 Å². The first kappa shape index (κ1) is 11.4. The highest BCUT2D eigenvalue weighted by Gasteiger charge is 2.20. The maximum atomic E-state index is 12.2. The van der Waals surface area contributed by atoms with E-state index in [0.717, 1.165) is 12.1 Å². The fourth-order valence-electron chi connectivity index (χ4n) is 1.08. The molecule has 4 nitrogen and oxygen atoms in total. The van der Waals surface area contributed by atoms with Crippen LogP contribution in [0.1, 0.15) is 22.0 Å². The monoisotopic (exact) mass is 217 g/mol. The van der Waals surface area contributed by atoms with Gasteiger partial charge in [0.15, 0.2) is 0 Å². The Morgan fingerprint density at radius 2 is 2.00 bits per heavy atom. The lowest BCUT2D eigenvalue weighted by Crippen LogP contribution is -2.19. The molecule has 0 bridgehead atoms. The van der Waals surface area contributed by atoms with Crippen LogP contribution in [0.15, 0.2) is 18.2 Å². The van der Waals surface area contributed by atoms with Crippen molar-refractivity contribution in [2.75, 3.05) is 0 Å². The molecule has 0 spiro atoms. The van der Waals surface area contributed by atoms with Crippen molar-refractivity contribution in [3.63, 3.8) is 0 Å². The molecular formula is C9H9F2NO3.